The lowest BCUT2D eigenvalue weighted by molar-refractivity contribution is -0.207. The molecule has 0 unspecified atom stereocenters. The number of carbonyl (C=O) groups is 1. The molecule has 0 saturated carbocycles. The van der Waals surface area contributed by atoms with Crippen LogP contribution in [-0.4, -0.2) is 5.97 Å². The van der Waals surface area contributed by atoms with Crippen LogP contribution < -0.4 is 4.89 Å². The summed E-state index contributed by atoms with van der Waals surface area (Å²) < 4.78 is 0. The first-order valence-corrected chi connectivity index (χ1v) is 6.12. The zero-order valence-electron chi connectivity index (χ0n) is 10.9. The maximum atomic E-state index is 10.8. The van der Waals surface area contributed by atoms with Crippen molar-refractivity contribution >= 4 is 18.1 Å². The third-order valence-corrected chi connectivity index (χ3v) is 2.53. The Hall–Kier alpha value is -2.81. The van der Waals surface area contributed by atoms with Crippen LogP contribution in [0.25, 0.3) is 12.2 Å². The predicted molar refractivity (Wildman–Crippen MR) is 78.7 cm³/mol. The van der Waals surface area contributed by atoms with E-state index in [9.17, 15) is 4.79 Å². The summed E-state index contributed by atoms with van der Waals surface area (Å²) in [6.07, 6.45) is 5.05. The molecule has 0 spiro atoms. The number of benzene rings is 2. The van der Waals surface area contributed by atoms with E-state index < -0.39 is 5.97 Å². The molecule has 0 saturated heterocycles. The number of carbonyl (C=O) groups excluding carboxylic acids is 1. The van der Waals surface area contributed by atoms with Gasteiger partial charge in [-0.2, -0.15) is 0 Å². The van der Waals surface area contributed by atoms with Gasteiger partial charge in [0.15, 0.2) is 5.75 Å². The van der Waals surface area contributed by atoms with Crippen molar-refractivity contribution in [2.24, 2.45) is 0 Å². The maximum Gasteiger partial charge on any atom is 0.378 e. The normalized spacial score (nSPS) is 10.2. The van der Waals surface area contributed by atoms with Gasteiger partial charge in [-0.05, 0) is 23.3 Å². The molecule has 0 heterocycles. The summed E-state index contributed by atoms with van der Waals surface area (Å²) in [4.78, 5) is 20.1. The molecule has 0 aliphatic heterocycles. The van der Waals surface area contributed by atoms with E-state index in [0.29, 0.717) is 5.75 Å². The van der Waals surface area contributed by atoms with Crippen LogP contribution in [0.15, 0.2) is 67.3 Å². The second-order valence-electron chi connectivity index (χ2n) is 4.00. The zero-order valence-corrected chi connectivity index (χ0v) is 10.9. The fourth-order valence-corrected chi connectivity index (χ4v) is 1.51. The minimum absolute atomic E-state index is 0.456. The second kappa shape index (κ2) is 6.95. The van der Waals surface area contributed by atoms with Gasteiger partial charge in [0.25, 0.3) is 0 Å². The fraction of sp³-hybridized carbons (Fsp3) is 0. The molecule has 100 valence electrons. The Morgan fingerprint density at radius 3 is 2.10 bits per heavy atom. The summed E-state index contributed by atoms with van der Waals surface area (Å²) in [6, 6.07) is 17.2. The molecule has 0 bridgehead atoms. The van der Waals surface area contributed by atoms with Crippen LogP contribution in [0.3, 0.4) is 0 Å². The third-order valence-electron chi connectivity index (χ3n) is 2.53. The summed E-state index contributed by atoms with van der Waals surface area (Å²) >= 11 is 0. The molecule has 0 N–H and O–H groups in total. The van der Waals surface area contributed by atoms with Gasteiger partial charge in [-0.1, -0.05) is 61.2 Å². The molecule has 3 heteroatoms. The average Bonchev–Trinajstić information content (AvgIpc) is 2.52. The number of hydrogen-bond acceptors (Lipinski definition) is 3. The molecule has 0 aromatic heterocycles. The second-order valence-corrected chi connectivity index (χ2v) is 4.00. The first-order valence-electron chi connectivity index (χ1n) is 6.12. The molecular weight excluding hydrogens is 252 g/mol. The summed E-state index contributed by atoms with van der Waals surface area (Å²) in [5, 5.41) is 0. The van der Waals surface area contributed by atoms with Crippen LogP contribution in [0.4, 0.5) is 0 Å². The van der Waals surface area contributed by atoms with Gasteiger partial charge in [0.1, 0.15) is 0 Å². The van der Waals surface area contributed by atoms with E-state index in [1.807, 2.05) is 54.6 Å². The van der Waals surface area contributed by atoms with E-state index in [4.69, 9.17) is 4.89 Å². The van der Waals surface area contributed by atoms with E-state index >= 15 is 0 Å². The summed E-state index contributed by atoms with van der Waals surface area (Å²) in [5.41, 5.74) is 2.16. The van der Waals surface area contributed by atoms with Crippen LogP contribution in [0.1, 0.15) is 11.1 Å². The molecular formula is C17H14O3. The van der Waals surface area contributed by atoms with Crippen LogP contribution in [0.5, 0.6) is 5.75 Å². The van der Waals surface area contributed by atoms with Gasteiger partial charge in [0.2, 0.25) is 0 Å². The van der Waals surface area contributed by atoms with Gasteiger partial charge < -0.3 is 0 Å². The van der Waals surface area contributed by atoms with Crippen LogP contribution in [-0.2, 0) is 9.68 Å². The SMILES string of the molecule is C=CC(=O)OOc1ccc(/C=C/c2ccccc2)cc1. The molecule has 0 radical (unpaired) electrons. The molecule has 2 rings (SSSR count). The summed E-state index contributed by atoms with van der Waals surface area (Å²) in [6.45, 7) is 3.28. The Bertz CT molecular complexity index is 598. The monoisotopic (exact) mass is 266 g/mol. The van der Waals surface area contributed by atoms with Gasteiger partial charge in [0, 0.05) is 6.08 Å². The van der Waals surface area contributed by atoms with Crippen molar-refractivity contribution in [1.82, 2.24) is 0 Å². The Balaban J connectivity index is 1.96. The molecule has 0 aliphatic carbocycles. The Morgan fingerprint density at radius 2 is 1.50 bits per heavy atom. The highest BCUT2D eigenvalue weighted by Crippen LogP contribution is 2.14. The van der Waals surface area contributed by atoms with Crippen molar-refractivity contribution in [2.75, 3.05) is 0 Å². The van der Waals surface area contributed by atoms with Crippen molar-refractivity contribution in [2.45, 2.75) is 0 Å². The van der Waals surface area contributed by atoms with E-state index in [1.54, 1.807) is 12.1 Å². The smallest absolute Gasteiger partial charge is 0.287 e. The standard InChI is InChI=1S/C17H14O3/c1-2-17(18)20-19-16-12-10-15(11-13-16)9-8-14-6-4-3-5-7-14/h2-13H,1H2/b9-8+. The van der Waals surface area contributed by atoms with E-state index in [-0.39, 0.29) is 0 Å². The van der Waals surface area contributed by atoms with E-state index in [0.717, 1.165) is 17.2 Å². The molecule has 0 fully saturated rings. The lowest BCUT2D eigenvalue weighted by Gasteiger charge is -2.02. The quantitative estimate of drug-likeness (QED) is 0.356. The van der Waals surface area contributed by atoms with Gasteiger partial charge in [-0.25, -0.2) is 9.68 Å². The highest BCUT2D eigenvalue weighted by molar-refractivity contribution is 5.80. The number of rotatable bonds is 5. The Kier molecular flexibility index (Phi) is 4.73. The molecule has 20 heavy (non-hydrogen) atoms. The van der Waals surface area contributed by atoms with Crippen LogP contribution in [0.2, 0.25) is 0 Å². The minimum Gasteiger partial charge on any atom is -0.287 e. The minimum atomic E-state index is -0.627. The molecule has 0 amide bonds. The van der Waals surface area contributed by atoms with Gasteiger partial charge in [-0.3, -0.25) is 4.89 Å². The first kappa shape index (κ1) is 13.6. The molecule has 3 nitrogen and oxygen atoms in total. The average molecular weight is 266 g/mol. The summed E-state index contributed by atoms with van der Waals surface area (Å²) in [7, 11) is 0. The molecule has 2 aromatic carbocycles. The topological polar surface area (TPSA) is 35.5 Å². The van der Waals surface area contributed by atoms with Gasteiger partial charge in [-0.15, -0.1) is 0 Å². The Labute approximate surface area is 117 Å². The van der Waals surface area contributed by atoms with Crippen LogP contribution >= 0.6 is 0 Å². The first-order chi connectivity index (χ1) is 9.78. The van der Waals surface area contributed by atoms with Gasteiger partial charge in [0.05, 0.1) is 0 Å². The maximum absolute atomic E-state index is 10.8. The highest BCUT2D eigenvalue weighted by atomic mass is 17.2. The predicted octanol–water partition coefficient (Wildman–Crippen LogP) is 3.88. The van der Waals surface area contributed by atoms with Crippen LogP contribution in [0, 0.1) is 0 Å². The molecule has 0 aliphatic rings. The molecule has 0 atom stereocenters. The molecule has 2 aromatic rings. The summed E-state index contributed by atoms with van der Waals surface area (Å²) in [5.74, 6) is -0.171. The lowest BCUT2D eigenvalue weighted by Crippen LogP contribution is -2.03. The third kappa shape index (κ3) is 4.14. The van der Waals surface area contributed by atoms with Crippen molar-refractivity contribution < 1.29 is 14.6 Å². The van der Waals surface area contributed by atoms with Gasteiger partial charge >= 0.3 is 5.97 Å². The fourth-order valence-electron chi connectivity index (χ4n) is 1.51. The Morgan fingerprint density at radius 1 is 0.900 bits per heavy atom. The lowest BCUT2D eigenvalue weighted by atomic mass is 10.1. The van der Waals surface area contributed by atoms with E-state index in [1.165, 1.54) is 0 Å². The number of hydrogen-bond donors (Lipinski definition) is 0. The van der Waals surface area contributed by atoms with Crippen molar-refractivity contribution in [3.8, 4) is 5.75 Å². The van der Waals surface area contributed by atoms with E-state index in [2.05, 4.69) is 11.5 Å². The largest absolute Gasteiger partial charge is 0.378 e. The highest BCUT2D eigenvalue weighted by Gasteiger charge is 1.99. The van der Waals surface area contributed by atoms with Crippen molar-refractivity contribution in [1.29, 1.82) is 0 Å². The van der Waals surface area contributed by atoms with Crippen molar-refractivity contribution in [3.05, 3.63) is 78.4 Å². The van der Waals surface area contributed by atoms with Crippen molar-refractivity contribution in [3.63, 3.8) is 0 Å². The zero-order chi connectivity index (χ0) is 14.2.